The van der Waals surface area contributed by atoms with Gasteiger partial charge in [-0.3, -0.25) is 4.79 Å². The van der Waals surface area contributed by atoms with E-state index in [1.807, 2.05) is 24.6 Å². The lowest BCUT2D eigenvalue weighted by molar-refractivity contribution is -0.128. The zero-order valence-corrected chi connectivity index (χ0v) is 10.2. The molecule has 0 bridgehead atoms. The number of carbonyl (C=O) groups is 1. The van der Waals surface area contributed by atoms with Gasteiger partial charge in [-0.05, 0) is 12.3 Å². The van der Waals surface area contributed by atoms with Crippen molar-refractivity contribution in [3.8, 4) is 0 Å². The highest BCUT2D eigenvalue weighted by Crippen LogP contribution is 2.07. The minimum absolute atomic E-state index is 0.0397. The fourth-order valence-corrected chi connectivity index (χ4v) is 1.58. The van der Waals surface area contributed by atoms with Crippen molar-refractivity contribution >= 4 is 5.78 Å². The highest BCUT2D eigenvalue weighted by molar-refractivity contribution is 5.84. The van der Waals surface area contributed by atoms with Gasteiger partial charge in [-0.1, -0.05) is 20.8 Å². The summed E-state index contributed by atoms with van der Waals surface area (Å²) in [7, 11) is 0. The van der Waals surface area contributed by atoms with E-state index in [1.54, 1.807) is 6.20 Å². The van der Waals surface area contributed by atoms with Crippen LogP contribution < -0.4 is 0 Å². The Kier molecular flexibility index (Phi) is 4.68. The average Bonchev–Trinajstić information content (AvgIpc) is 2.65. The Morgan fingerprint density at radius 1 is 1.56 bits per heavy atom. The van der Waals surface area contributed by atoms with Gasteiger partial charge in [-0.25, -0.2) is 4.98 Å². The molecule has 0 aliphatic rings. The van der Waals surface area contributed by atoms with Crippen molar-refractivity contribution in [1.82, 2.24) is 9.55 Å². The maximum absolute atomic E-state index is 11.7. The molecule has 0 saturated heterocycles. The Hall–Kier alpha value is -1.16. The first-order valence-electron chi connectivity index (χ1n) is 5.77. The average molecular weight is 224 g/mol. The van der Waals surface area contributed by atoms with Crippen LogP contribution in [0.4, 0.5) is 0 Å². The molecule has 1 unspecified atom stereocenters. The molecule has 4 heteroatoms. The monoisotopic (exact) mass is 224 g/mol. The topological polar surface area (TPSA) is 55.1 Å². The number of aromatic nitrogens is 2. The van der Waals surface area contributed by atoms with Crippen LogP contribution >= 0.6 is 0 Å². The van der Waals surface area contributed by atoms with Crippen LogP contribution in [0.1, 0.15) is 33.0 Å². The summed E-state index contributed by atoms with van der Waals surface area (Å²) in [4.78, 5) is 15.9. The zero-order chi connectivity index (χ0) is 12.1. The predicted molar refractivity (Wildman–Crippen MR) is 62.1 cm³/mol. The van der Waals surface area contributed by atoms with E-state index in [0.29, 0.717) is 0 Å². The van der Waals surface area contributed by atoms with E-state index in [1.165, 1.54) is 0 Å². The van der Waals surface area contributed by atoms with Crippen molar-refractivity contribution in [1.29, 1.82) is 0 Å². The molecule has 1 heterocycles. The number of aliphatic hydroxyl groups is 1. The molecule has 16 heavy (non-hydrogen) atoms. The van der Waals surface area contributed by atoms with Gasteiger partial charge < -0.3 is 9.67 Å². The number of rotatable bonds is 6. The quantitative estimate of drug-likeness (QED) is 0.795. The maximum Gasteiger partial charge on any atom is 0.169 e. The maximum atomic E-state index is 11.7. The van der Waals surface area contributed by atoms with Crippen LogP contribution in [0.5, 0.6) is 0 Å². The van der Waals surface area contributed by atoms with Gasteiger partial charge in [0.15, 0.2) is 5.78 Å². The van der Waals surface area contributed by atoms with Crippen molar-refractivity contribution in [2.45, 2.75) is 46.3 Å². The molecule has 0 saturated carbocycles. The molecular formula is C12H20N2O2. The van der Waals surface area contributed by atoms with E-state index < -0.39 is 6.10 Å². The number of imidazole rings is 1. The molecule has 4 nitrogen and oxygen atoms in total. The second-order valence-corrected chi connectivity index (χ2v) is 4.37. The van der Waals surface area contributed by atoms with Crippen molar-refractivity contribution in [2.24, 2.45) is 5.92 Å². The Balaban J connectivity index is 2.65. The predicted octanol–water partition coefficient (Wildman–Crippen LogP) is 1.42. The number of hydrogen-bond acceptors (Lipinski definition) is 3. The number of aliphatic hydroxyl groups excluding tert-OH is 1. The minimum atomic E-state index is -0.883. The number of hydrogen-bond donors (Lipinski definition) is 1. The first kappa shape index (κ1) is 12.9. The summed E-state index contributed by atoms with van der Waals surface area (Å²) in [6.07, 6.45) is 3.90. The lowest BCUT2D eigenvalue weighted by Gasteiger charge is -2.13. The molecule has 0 amide bonds. The Labute approximate surface area is 96.3 Å². The largest absolute Gasteiger partial charge is 0.385 e. The van der Waals surface area contributed by atoms with Gasteiger partial charge in [0.25, 0.3) is 0 Å². The first-order valence-corrected chi connectivity index (χ1v) is 5.77. The molecule has 1 aromatic heterocycles. The van der Waals surface area contributed by atoms with Crippen LogP contribution in [0.2, 0.25) is 0 Å². The third kappa shape index (κ3) is 3.17. The molecule has 90 valence electrons. The van der Waals surface area contributed by atoms with E-state index in [4.69, 9.17) is 0 Å². The Morgan fingerprint density at radius 3 is 2.81 bits per heavy atom. The van der Waals surface area contributed by atoms with Gasteiger partial charge in [0.05, 0.1) is 6.42 Å². The fraction of sp³-hybridized carbons (Fsp3) is 0.667. The number of aryl methyl sites for hydroxylation is 1. The van der Waals surface area contributed by atoms with Gasteiger partial charge in [-0.15, -0.1) is 0 Å². The normalized spacial score (nSPS) is 13.1. The van der Waals surface area contributed by atoms with E-state index in [-0.39, 0.29) is 18.1 Å². The SMILES string of the molecule is CCCn1ccnc1CC(=O)C(O)C(C)C. The van der Waals surface area contributed by atoms with Gasteiger partial charge in [-0.2, -0.15) is 0 Å². The van der Waals surface area contributed by atoms with Gasteiger partial charge in [0.1, 0.15) is 11.9 Å². The van der Waals surface area contributed by atoms with Crippen LogP contribution in [0, 0.1) is 5.92 Å². The first-order chi connectivity index (χ1) is 7.56. The van der Waals surface area contributed by atoms with Crippen LogP contribution in [0.25, 0.3) is 0 Å². The number of Topliss-reactive ketones (excluding diaryl/α,β-unsaturated/α-hetero) is 1. The molecule has 0 fully saturated rings. The van der Waals surface area contributed by atoms with Crippen molar-refractivity contribution in [2.75, 3.05) is 0 Å². The number of nitrogens with zero attached hydrogens (tertiary/aromatic N) is 2. The smallest absolute Gasteiger partial charge is 0.169 e. The van der Waals surface area contributed by atoms with Crippen LogP contribution in [-0.4, -0.2) is 26.5 Å². The van der Waals surface area contributed by atoms with Gasteiger partial charge >= 0.3 is 0 Å². The van der Waals surface area contributed by atoms with Crippen LogP contribution in [0.3, 0.4) is 0 Å². The molecule has 0 aliphatic carbocycles. The second-order valence-electron chi connectivity index (χ2n) is 4.37. The number of carbonyl (C=O) groups excluding carboxylic acids is 1. The molecular weight excluding hydrogens is 204 g/mol. The molecule has 1 rings (SSSR count). The number of ketones is 1. The minimum Gasteiger partial charge on any atom is -0.385 e. The fourth-order valence-electron chi connectivity index (χ4n) is 1.58. The Morgan fingerprint density at radius 2 is 2.25 bits per heavy atom. The van der Waals surface area contributed by atoms with Crippen molar-refractivity contribution < 1.29 is 9.90 Å². The van der Waals surface area contributed by atoms with Gasteiger partial charge in [0, 0.05) is 18.9 Å². The molecule has 0 aliphatic heterocycles. The third-order valence-corrected chi connectivity index (χ3v) is 2.56. The Bertz CT molecular complexity index is 345. The summed E-state index contributed by atoms with van der Waals surface area (Å²) in [6, 6.07) is 0. The molecule has 1 atom stereocenters. The van der Waals surface area contributed by atoms with E-state index >= 15 is 0 Å². The van der Waals surface area contributed by atoms with E-state index in [2.05, 4.69) is 11.9 Å². The summed E-state index contributed by atoms with van der Waals surface area (Å²) in [5, 5.41) is 9.63. The summed E-state index contributed by atoms with van der Waals surface area (Å²) < 4.78 is 1.96. The second kappa shape index (κ2) is 5.80. The molecule has 0 spiro atoms. The standard InChI is InChI=1S/C12H20N2O2/c1-4-6-14-7-5-13-11(14)8-10(15)12(16)9(2)3/h5,7,9,12,16H,4,6,8H2,1-3H3. The summed E-state index contributed by atoms with van der Waals surface area (Å²) >= 11 is 0. The summed E-state index contributed by atoms with van der Waals surface area (Å²) in [5.41, 5.74) is 0. The summed E-state index contributed by atoms with van der Waals surface area (Å²) in [6.45, 7) is 6.61. The molecule has 1 aromatic rings. The molecule has 0 aromatic carbocycles. The summed E-state index contributed by atoms with van der Waals surface area (Å²) in [5.74, 6) is 0.548. The van der Waals surface area contributed by atoms with Crippen LogP contribution in [0.15, 0.2) is 12.4 Å². The van der Waals surface area contributed by atoms with Crippen molar-refractivity contribution in [3.05, 3.63) is 18.2 Å². The zero-order valence-electron chi connectivity index (χ0n) is 10.2. The van der Waals surface area contributed by atoms with E-state index in [9.17, 15) is 9.90 Å². The van der Waals surface area contributed by atoms with Crippen molar-refractivity contribution in [3.63, 3.8) is 0 Å². The van der Waals surface area contributed by atoms with Gasteiger partial charge in [0.2, 0.25) is 0 Å². The van der Waals surface area contributed by atoms with Crippen LogP contribution in [-0.2, 0) is 17.8 Å². The highest BCUT2D eigenvalue weighted by atomic mass is 16.3. The third-order valence-electron chi connectivity index (χ3n) is 2.56. The lowest BCUT2D eigenvalue weighted by Crippen LogP contribution is -2.28. The highest BCUT2D eigenvalue weighted by Gasteiger charge is 2.20. The lowest BCUT2D eigenvalue weighted by atomic mass is 10.0. The molecule has 1 N–H and O–H groups in total. The molecule has 0 radical (unpaired) electrons. The van der Waals surface area contributed by atoms with E-state index in [0.717, 1.165) is 18.8 Å².